The fraction of sp³-hybridized carbons (Fsp3) is 0.0769. The zero-order valence-electron chi connectivity index (χ0n) is 9.29. The highest BCUT2D eigenvalue weighted by Gasteiger charge is 2.08. The van der Waals surface area contributed by atoms with Gasteiger partial charge in [-0.05, 0) is 35.9 Å². The molecule has 5 heteroatoms. The van der Waals surface area contributed by atoms with Gasteiger partial charge in [0.1, 0.15) is 0 Å². The Labute approximate surface area is 129 Å². The van der Waals surface area contributed by atoms with Gasteiger partial charge in [0, 0.05) is 25.8 Å². The molecular weight excluding hydrogens is 353 g/mol. The molecule has 2 N–H and O–H groups in total. The van der Waals surface area contributed by atoms with Gasteiger partial charge in [0.2, 0.25) is 0 Å². The van der Waals surface area contributed by atoms with Crippen molar-refractivity contribution in [2.75, 3.05) is 0 Å². The Morgan fingerprint density at radius 1 is 1.06 bits per heavy atom. The van der Waals surface area contributed by atoms with Crippen molar-refractivity contribution in [3.8, 4) is 0 Å². The Morgan fingerprint density at radius 3 is 2.56 bits per heavy atom. The van der Waals surface area contributed by atoms with Gasteiger partial charge >= 0.3 is 0 Å². The summed E-state index contributed by atoms with van der Waals surface area (Å²) in [7, 11) is 0. The van der Waals surface area contributed by atoms with E-state index in [1.54, 1.807) is 23.9 Å². The summed E-state index contributed by atoms with van der Waals surface area (Å²) in [6.07, 6.45) is 0. The van der Waals surface area contributed by atoms with Crippen LogP contribution in [0.1, 0.15) is 5.56 Å². The zero-order chi connectivity index (χ0) is 13.1. The number of rotatable bonds is 3. The van der Waals surface area contributed by atoms with Crippen LogP contribution >= 0.6 is 50.9 Å². The van der Waals surface area contributed by atoms with Crippen LogP contribution < -0.4 is 5.73 Å². The molecular formula is C13H10BrCl2NS. The summed E-state index contributed by atoms with van der Waals surface area (Å²) in [4.78, 5) is 2.01. The van der Waals surface area contributed by atoms with E-state index in [9.17, 15) is 0 Å². The molecule has 0 saturated carbocycles. The maximum Gasteiger partial charge on any atom is 0.0546 e. The quantitative estimate of drug-likeness (QED) is 0.794. The Hall–Kier alpha value is -0.190. The van der Waals surface area contributed by atoms with E-state index in [4.69, 9.17) is 28.9 Å². The average molecular weight is 363 g/mol. The molecule has 0 radical (unpaired) electrons. The van der Waals surface area contributed by atoms with Gasteiger partial charge in [-0.1, -0.05) is 57.0 Å². The molecule has 0 aliphatic rings. The van der Waals surface area contributed by atoms with Crippen LogP contribution in [0.4, 0.5) is 0 Å². The third-order valence-corrected chi connectivity index (χ3v) is 4.69. The third kappa shape index (κ3) is 3.43. The van der Waals surface area contributed by atoms with E-state index in [-0.39, 0.29) is 0 Å². The maximum absolute atomic E-state index is 6.16. The van der Waals surface area contributed by atoms with Crippen molar-refractivity contribution in [3.63, 3.8) is 0 Å². The Balaban J connectivity index is 2.38. The Bertz CT molecular complexity index is 575. The lowest BCUT2D eigenvalue weighted by atomic mass is 10.2. The van der Waals surface area contributed by atoms with Gasteiger partial charge in [0.25, 0.3) is 0 Å². The van der Waals surface area contributed by atoms with E-state index in [1.165, 1.54) is 0 Å². The Kier molecular flexibility index (Phi) is 4.98. The normalized spacial score (nSPS) is 10.7. The van der Waals surface area contributed by atoms with Crippen molar-refractivity contribution in [2.24, 2.45) is 5.73 Å². The van der Waals surface area contributed by atoms with Crippen LogP contribution in [0.15, 0.2) is 50.7 Å². The molecule has 0 atom stereocenters. The van der Waals surface area contributed by atoms with Crippen LogP contribution in [0, 0.1) is 0 Å². The lowest BCUT2D eigenvalue weighted by molar-refractivity contribution is 1.02. The van der Waals surface area contributed by atoms with Crippen molar-refractivity contribution in [1.29, 1.82) is 0 Å². The predicted octanol–water partition coefficient (Wildman–Crippen LogP) is 5.37. The molecule has 0 spiro atoms. The second-order valence-electron chi connectivity index (χ2n) is 3.63. The van der Waals surface area contributed by atoms with Crippen molar-refractivity contribution in [1.82, 2.24) is 0 Å². The third-order valence-electron chi connectivity index (χ3n) is 2.36. The molecule has 0 heterocycles. The summed E-state index contributed by atoms with van der Waals surface area (Å²) >= 11 is 17.2. The van der Waals surface area contributed by atoms with E-state index in [0.717, 1.165) is 19.8 Å². The van der Waals surface area contributed by atoms with Crippen molar-refractivity contribution >= 4 is 50.9 Å². The van der Waals surface area contributed by atoms with E-state index < -0.39 is 0 Å². The SMILES string of the molecule is NCc1ccc(Br)cc1Sc1cc(Cl)ccc1Cl. The molecule has 0 amide bonds. The minimum atomic E-state index is 0.494. The topological polar surface area (TPSA) is 26.0 Å². The lowest BCUT2D eigenvalue weighted by Gasteiger charge is -2.09. The first-order chi connectivity index (χ1) is 8.60. The first-order valence-corrected chi connectivity index (χ1v) is 7.58. The van der Waals surface area contributed by atoms with Gasteiger partial charge < -0.3 is 5.73 Å². The number of halogens is 3. The fourth-order valence-corrected chi connectivity index (χ4v) is 3.51. The second-order valence-corrected chi connectivity index (χ2v) is 6.48. The first kappa shape index (κ1) is 14.2. The van der Waals surface area contributed by atoms with E-state index >= 15 is 0 Å². The van der Waals surface area contributed by atoms with Crippen LogP contribution in [0.2, 0.25) is 10.0 Å². The Morgan fingerprint density at radius 2 is 1.83 bits per heavy atom. The number of nitrogens with two attached hydrogens (primary N) is 1. The standard InChI is InChI=1S/C13H10BrCl2NS/c14-9-2-1-8(7-17)12(5-9)18-13-6-10(15)3-4-11(13)16/h1-6H,7,17H2. The van der Waals surface area contributed by atoms with Gasteiger partial charge in [-0.15, -0.1) is 0 Å². The molecule has 0 unspecified atom stereocenters. The summed E-state index contributed by atoms with van der Waals surface area (Å²) in [6, 6.07) is 11.4. The second kappa shape index (κ2) is 6.31. The number of hydrogen-bond donors (Lipinski definition) is 1. The highest BCUT2D eigenvalue weighted by Crippen LogP contribution is 2.37. The monoisotopic (exact) mass is 361 g/mol. The molecule has 0 bridgehead atoms. The van der Waals surface area contributed by atoms with Gasteiger partial charge in [-0.25, -0.2) is 0 Å². The van der Waals surface area contributed by atoms with Crippen LogP contribution in [0.3, 0.4) is 0 Å². The molecule has 1 nitrogen and oxygen atoms in total. The summed E-state index contributed by atoms with van der Waals surface area (Å²) in [6.45, 7) is 0.494. The average Bonchev–Trinajstić information content (AvgIpc) is 2.34. The minimum absolute atomic E-state index is 0.494. The molecule has 0 aromatic heterocycles. The smallest absolute Gasteiger partial charge is 0.0546 e. The van der Waals surface area contributed by atoms with Crippen LogP contribution in [-0.2, 0) is 6.54 Å². The fourth-order valence-electron chi connectivity index (χ4n) is 1.47. The van der Waals surface area contributed by atoms with Crippen molar-refractivity contribution in [3.05, 3.63) is 56.5 Å². The molecule has 0 saturated heterocycles. The van der Waals surface area contributed by atoms with Gasteiger partial charge in [-0.2, -0.15) is 0 Å². The maximum atomic E-state index is 6.16. The van der Waals surface area contributed by atoms with Crippen LogP contribution in [-0.4, -0.2) is 0 Å². The molecule has 0 aliphatic carbocycles. The van der Waals surface area contributed by atoms with Crippen LogP contribution in [0.25, 0.3) is 0 Å². The molecule has 0 fully saturated rings. The molecule has 2 aromatic rings. The van der Waals surface area contributed by atoms with Gasteiger partial charge in [0.15, 0.2) is 0 Å². The summed E-state index contributed by atoms with van der Waals surface area (Å²) in [5, 5.41) is 1.36. The molecule has 2 rings (SSSR count). The zero-order valence-corrected chi connectivity index (χ0v) is 13.2. The van der Waals surface area contributed by atoms with Gasteiger partial charge in [0.05, 0.1) is 5.02 Å². The highest BCUT2D eigenvalue weighted by molar-refractivity contribution is 9.10. The van der Waals surface area contributed by atoms with Crippen LogP contribution in [0.5, 0.6) is 0 Å². The highest BCUT2D eigenvalue weighted by atomic mass is 79.9. The van der Waals surface area contributed by atoms with E-state index in [1.807, 2.05) is 24.3 Å². The molecule has 2 aromatic carbocycles. The van der Waals surface area contributed by atoms with Crippen molar-refractivity contribution < 1.29 is 0 Å². The van der Waals surface area contributed by atoms with Crippen molar-refractivity contribution in [2.45, 2.75) is 16.3 Å². The van der Waals surface area contributed by atoms with E-state index in [0.29, 0.717) is 16.6 Å². The minimum Gasteiger partial charge on any atom is -0.326 e. The molecule has 18 heavy (non-hydrogen) atoms. The largest absolute Gasteiger partial charge is 0.326 e. The molecule has 94 valence electrons. The van der Waals surface area contributed by atoms with E-state index in [2.05, 4.69) is 15.9 Å². The predicted molar refractivity (Wildman–Crippen MR) is 82.6 cm³/mol. The van der Waals surface area contributed by atoms with Gasteiger partial charge in [-0.3, -0.25) is 0 Å². The molecule has 0 aliphatic heterocycles. The summed E-state index contributed by atoms with van der Waals surface area (Å²) in [5.74, 6) is 0. The number of benzene rings is 2. The first-order valence-electron chi connectivity index (χ1n) is 5.21. The summed E-state index contributed by atoms with van der Waals surface area (Å²) < 4.78 is 1.01. The number of hydrogen-bond acceptors (Lipinski definition) is 2. The summed E-state index contributed by atoms with van der Waals surface area (Å²) in [5.41, 5.74) is 6.82. The lowest BCUT2D eigenvalue weighted by Crippen LogP contribution is -1.98.